The second kappa shape index (κ2) is 8.60. The molecule has 0 saturated heterocycles. The summed E-state index contributed by atoms with van der Waals surface area (Å²) >= 11 is 5.97. The largest absolute Gasteiger partial charge is 0.495 e. The lowest BCUT2D eigenvalue weighted by molar-refractivity contribution is 0.102. The molecule has 1 aromatic heterocycles. The van der Waals surface area contributed by atoms with E-state index < -0.39 is 15.9 Å². The van der Waals surface area contributed by atoms with Crippen molar-refractivity contribution in [1.29, 1.82) is 0 Å². The zero-order valence-corrected chi connectivity index (χ0v) is 19.1. The van der Waals surface area contributed by atoms with Crippen molar-refractivity contribution in [3.63, 3.8) is 0 Å². The average Bonchev–Trinajstić information content (AvgIpc) is 3.17. The Morgan fingerprint density at radius 2 is 1.90 bits per heavy atom. The highest BCUT2D eigenvalue weighted by Gasteiger charge is 2.20. The zero-order valence-electron chi connectivity index (χ0n) is 17.5. The highest BCUT2D eigenvalue weighted by Crippen LogP contribution is 2.30. The van der Waals surface area contributed by atoms with E-state index in [1.807, 2.05) is 20.8 Å². The molecule has 0 radical (unpaired) electrons. The van der Waals surface area contributed by atoms with Gasteiger partial charge < -0.3 is 10.1 Å². The summed E-state index contributed by atoms with van der Waals surface area (Å²) in [6, 6.07) is 10.3. The molecule has 164 valence electrons. The number of rotatable bonds is 6. The van der Waals surface area contributed by atoms with Gasteiger partial charge in [-0.3, -0.25) is 14.2 Å². The SMILES string of the molecule is COc1ccc(Cl)cc1NS(=O)(=O)c1cccc(C(=O)Nc2cnn(C(C)(C)C)c2)c1. The van der Waals surface area contributed by atoms with Gasteiger partial charge in [0.05, 0.1) is 35.1 Å². The van der Waals surface area contributed by atoms with Gasteiger partial charge in [-0.2, -0.15) is 5.10 Å². The molecule has 1 heterocycles. The van der Waals surface area contributed by atoms with E-state index >= 15 is 0 Å². The van der Waals surface area contributed by atoms with Gasteiger partial charge in [0, 0.05) is 16.8 Å². The van der Waals surface area contributed by atoms with Crippen LogP contribution in [0.3, 0.4) is 0 Å². The maximum Gasteiger partial charge on any atom is 0.262 e. The number of ether oxygens (including phenoxy) is 1. The fraction of sp³-hybridized carbons (Fsp3) is 0.238. The van der Waals surface area contributed by atoms with E-state index in [1.54, 1.807) is 23.0 Å². The first-order valence-electron chi connectivity index (χ1n) is 9.32. The molecule has 8 nitrogen and oxygen atoms in total. The molecular weight excluding hydrogens is 440 g/mol. The van der Waals surface area contributed by atoms with Gasteiger partial charge in [0.2, 0.25) is 0 Å². The fourth-order valence-corrected chi connectivity index (χ4v) is 4.00. The van der Waals surface area contributed by atoms with E-state index in [4.69, 9.17) is 16.3 Å². The molecule has 3 rings (SSSR count). The van der Waals surface area contributed by atoms with Crippen LogP contribution in [-0.2, 0) is 15.6 Å². The molecule has 0 atom stereocenters. The van der Waals surface area contributed by atoms with Gasteiger partial charge in [0.25, 0.3) is 15.9 Å². The van der Waals surface area contributed by atoms with Gasteiger partial charge in [0.15, 0.2) is 0 Å². The molecule has 10 heteroatoms. The first-order valence-corrected chi connectivity index (χ1v) is 11.2. The average molecular weight is 463 g/mol. The number of hydrogen-bond acceptors (Lipinski definition) is 5. The summed E-state index contributed by atoms with van der Waals surface area (Å²) in [4.78, 5) is 12.6. The smallest absolute Gasteiger partial charge is 0.262 e. The zero-order chi connectivity index (χ0) is 22.8. The number of nitrogens with one attached hydrogen (secondary N) is 2. The first-order chi connectivity index (χ1) is 14.5. The lowest BCUT2D eigenvalue weighted by Gasteiger charge is -2.18. The molecule has 2 N–H and O–H groups in total. The Morgan fingerprint density at radius 3 is 2.55 bits per heavy atom. The molecule has 31 heavy (non-hydrogen) atoms. The third kappa shape index (κ3) is 5.36. The van der Waals surface area contributed by atoms with E-state index in [0.717, 1.165) is 0 Å². The van der Waals surface area contributed by atoms with Crippen molar-refractivity contribution in [3.05, 3.63) is 65.4 Å². The highest BCUT2D eigenvalue weighted by molar-refractivity contribution is 7.92. The van der Waals surface area contributed by atoms with Crippen LogP contribution in [0.15, 0.2) is 59.8 Å². The van der Waals surface area contributed by atoms with E-state index in [0.29, 0.717) is 16.5 Å². The summed E-state index contributed by atoms with van der Waals surface area (Å²) in [5, 5.41) is 7.31. The van der Waals surface area contributed by atoms with Crippen LogP contribution >= 0.6 is 11.6 Å². The van der Waals surface area contributed by atoms with Crippen molar-refractivity contribution < 1.29 is 17.9 Å². The van der Waals surface area contributed by atoms with Crippen LogP contribution in [0.25, 0.3) is 0 Å². The van der Waals surface area contributed by atoms with Gasteiger partial charge >= 0.3 is 0 Å². The lowest BCUT2D eigenvalue weighted by Crippen LogP contribution is -2.22. The monoisotopic (exact) mass is 462 g/mol. The summed E-state index contributed by atoms with van der Waals surface area (Å²) in [5.74, 6) is -0.136. The van der Waals surface area contributed by atoms with Crippen LogP contribution in [0, 0.1) is 0 Å². The second-order valence-electron chi connectivity index (χ2n) is 7.78. The number of carbonyl (C=O) groups is 1. The van der Waals surface area contributed by atoms with Gasteiger partial charge in [0.1, 0.15) is 5.75 Å². The number of aromatic nitrogens is 2. The molecule has 0 fully saturated rings. The van der Waals surface area contributed by atoms with Crippen LogP contribution in [0.1, 0.15) is 31.1 Å². The molecule has 0 aliphatic rings. The summed E-state index contributed by atoms with van der Waals surface area (Å²) in [6.07, 6.45) is 3.25. The van der Waals surface area contributed by atoms with Gasteiger partial charge in [-0.25, -0.2) is 8.42 Å². The summed E-state index contributed by atoms with van der Waals surface area (Å²) < 4.78 is 35.1. The predicted molar refractivity (Wildman–Crippen MR) is 120 cm³/mol. The number of amides is 1. The van der Waals surface area contributed by atoms with E-state index in [9.17, 15) is 13.2 Å². The number of nitrogens with zero attached hydrogens (tertiary/aromatic N) is 2. The molecule has 0 unspecified atom stereocenters. The molecule has 0 spiro atoms. The van der Waals surface area contributed by atoms with E-state index in [1.165, 1.54) is 43.6 Å². The van der Waals surface area contributed by atoms with Gasteiger partial charge in [-0.1, -0.05) is 17.7 Å². The number of sulfonamides is 1. The fourth-order valence-electron chi connectivity index (χ4n) is 2.73. The van der Waals surface area contributed by atoms with Crippen molar-refractivity contribution >= 4 is 38.9 Å². The molecule has 0 aliphatic carbocycles. The third-order valence-electron chi connectivity index (χ3n) is 4.34. The van der Waals surface area contributed by atoms with Crippen molar-refractivity contribution in [3.8, 4) is 5.75 Å². The van der Waals surface area contributed by atoms with Crippen LogP contribution in [0.5, 0.6) is 5.75 Å². The van der Waals surface area contributed by atoms with Crippen molar-refractivity contribution in [2.45, 2.75) is 31.2 Å². The molecular formula is C21H23ClN4O4S. The number of benzene rings is 2. The number of halogens is 1. The molecule has 0 aliphatic heterocycles. The number of carbonyl (C=O) groups excluding carboxylic acids is 1. The van der Waals surface area contributed by atoms with Crippen LogP contribution in [-0.4, -0.2) is 31.2 Å². The summed E-state index contributed by atoms with van der Waals surface area (Å²) in [7, 11) is -2.57. The maximum absolute atomic E-state index is 12.9. The second-order valence-corrected chi connectivity index (χ2v) is 9.90. The van der Waals surface area contributed by atoms with Gasteiger partial charge in [-0.05, 0) is 57.2 Å². The minimum absolute atomic E-state index is 0.0763. The van der Waals surface area contributed by atoms with Crippen molar-refractivity contribution in [2.24, 2.45) is 0 Å². The Bertz CT molecular complexity index is 1220. The highest BCUT2D eigenvalue weighted by atomic mass is 35.5. The maximum atomic E-state index is 12.9. The summed E-state index contributed by atoms with van der Waals surface area (Å²) in [6.45, 7) is 5.96. The molecule has 0 saturated carbocycles. The van der Waals surface area contributed by atoms with E-state index in [-0.39, 0.29) is 21.7 Å². The molecule has 0 bridgehead atoms. The molecule has 1 amide bonds. The first kappa shape index (κ1) is 22.6. The minimum Gasteiger partial charge on any atom is -0.495 e. The van der Waals surface area contributed by atoms with Crippen molar-refractivity contribution in [2.75, 3.05) is 17.1 Å². The number of methoxy groups -OCH3 is 1. The Balaban J connectivity index is 1.83. The van der Waals surface area contributed by atoms with Crippen molar-refractivity contribution in [1.82, 2.24) is 9.78 Å². The number of anilines is 2. The minimum atomic E-state index is -3.99. The van der Waals surface area contributed by atoms with E-state index in [2.05, 4.69) is 15.1 Å². The van der Waals surface area contributed by atoms with Crippen LogP contribution < -0.4 is 14.8 Å². The Hall–Kier alpha value is -3.04. The van der Waals surface area contributed by atoms with Gasteiger partial charge in [-0.15, -0.1) is 0 Å². The third-order valence-corrected chi connectivity index (χ3v) is 5.94. The van der Waals surface area contributed by atoms with Crippen LogP contribution in [0.2, 0.25) is 5.02 Å². The molecule has 3 aromatic rings. The van der Waals surface area contributed by atoms with Crippen LogP contribution in [0.4, 0.5) is 11.4 Å². The quantitative estimate of drug-likeness (QED) is 0.566. The predicted octanol–water partition coefficient (Wildman–Crippen LogP) is 4.35. The Morgan fingerprint density at radius 1 is 1.16 bits per heavy atom. The normalized spacial score (nSPS) is 11.8. The lowest BCUT2D eigenvalue weighted by atomic mass is 10.1. The number of hydrogen-bond donors (Lipinski definition) is 2. The topological polar surface area (TPSA) is 102 Å². The summed E-state index contributed by atoms with van der Waals surface area (Å²) in [5.41, 5.74) is 0.656. The standard InChI is InChI=1S/C21H23ClN4O4S/c1-21(2,3)26-13-16(12-23-26)24-20(27)14-6-5-7-17(10-14)31(28,29)25-18-11-15(22)8-9-19(18)30-4/h5-13,25H,1-4H3,(H,24,27). The Kier molecular flexibility index (Phi) is 6.28. The Labute approximate surface area is 186 Å². The molecule has 2 aromatic carbocycles.